The summed E-state index contributed by atoms with van der Waals surface area (Å²) in [5.41, 5.74) is 0. The van der Waals surface area contributed by atoms with E-state index in [0.29, 0.717) is 24.9 Å². The number of carbonyl (C=O) groups is 1. The minimum atomic E-state index is -0.369. The molecular weight excluding hydrogens is 190 g/mol. The predicted octanol–water partition coefficient (Wildman–Crippen LogP) is 1.94. The lowest BCUT2D eigenvalue weighted by Crippen LogP contribution is -2.39. The van der Waals surface area contributed by atoms with Crippen LogP contribution in [0.4, 0.5) is 0 Å². The molecule has 1 fully saturated rings. The van der Waals surface area contributed by atoms with Crippen LogP contribution in [0.1, 0.15) is 52.9 Å². The van der Waals surface area contributed by atoms with Crippen molar-refractivity contribution < 1.29 is 9.90 Å². The molecule has 1 aliphatic heterocycles. The Bertz CT molecular complexity index is 216. The topological polar surface area (TPSA) is 40.5 Å². The maximum atomic E-state index is 11.9. The van der Waals surface area contributed by atoms with Crippen molar-refractivity contribution in [1.82, 2.24) is 4.90 Å². The Balaban J connectivity index is 2.49. The lowest BCUT2D eigenvalue weighted by atomic mass is 10.1. The molecule has 1 N–H and O–H groups in total. The van der Waals surface area contributed by atoms with E-state index in [1.54, 1.807) is 6.92 Å². The number of amides is 1. The third-order valence-electron chi connectivity index (χ3n) is 3.32. The number of hydrogen-bond donors (Lipinski definition) is 1. The summed E-state index contributed by atoms with van der Waals surface area (Å²) < 4.78 is 0. The fourth-order valence-electron chi connectivity index (χ4n) is 2.38. The number of hydrogen-bond acceptors (Lipinski definition) is 2. The summed E-state index contributed by atoms with van der Waals surface area (Å²) in [7, 11) is 0. The van der Waals surface area contributed by atoms with Crippen LogP contribution < -0.4 is 0 Å². The number of rotatable bonds is 4. The smallest absolute Gasteiger partial charge is 0.223 e. The van der Waals surface area contributed by atoms with E-state index >= 15 is 0 Å². The molecule has 1 rings (SSSR count). The van der Waals surface area contributed by atoms with Crippen molar-refractivity contribution in [2.24, 2.45) is 0 Å². The Morgan fingerprint density at radius 1 is 1.53 bits per heavy atom. The summed E-state index contributed by atoms with van der Waals surface area (Å²) in [6.45, 7) is 5.99. The molecule has 0 aliphatic carbocycles. The number of aliphatic hydroxyl groups excluding tert-OH is 1. The second-order valence-corrected chi connectivity index (χ2v) is 4.68. The maximum Gasteiger partial charge on any atom is 0.223 e. The zero-order chi connectivity index (χ0) is 11.4. The summed E-state index contributed by atoms with van der Waals surface area (Å²) >= 11 is 0. The number of nitrogens with zero attached hydrogens (tertiary/aromatic N) is 1. The minimum Gasteiger partial charge on any atom is -0.393 e. The van der Waals surface area contributed by atoms with Crippen molar-refractivity contribution >= 4 is 5.91 Å². The molecule has 0 radical (unpaired) electrons. The largest absolute Gasteiger partial charge is 0.393 e. The quantitative estimate of drug-likeness (QED) is 0.775. The van der Waals surface area contributed by atoms with Crippen molar-refractivity contribution in [3.63, 3.8) is 0 Å². The van der Waals surface area contributed by atoms with Crippen LogP contribution in [0, 0.1) is 0 Å². The first-order valence-electron chi connectivity index (χ1n) is 6.05. The van der Waals surface area contributed by atoms with Crippen molar-refractivity contribution in [1.29, 1.82) is 0 Å². The summed E-state index contributed by atoms with van der Waals surface area (Å²) in [5.74, 6) is 0.216. The van der Waals surface area contributed by atoms with Crippen LogP contribution in [0.5, 0.6) is 0 Å². The highest BCUT2D eigenvalue weighted by molar-refractivity contribution is 5.77. The highest BCUT2D eigenvalue weighted by Gasteiger charge is 2.32. The first-order valence-corrected chi connectivity index (χ1v) is 6.05. The third-order valence-corrected chi connectivity index (χ3v) is 3.32. The molecule has 0 aromatic carbocycles. The van der Waals surface area contributed by atoms with E-state index in [-0.39, 0.29) is 12.0 Å². The van der Waals surface area contributed by atoms with Gasteiger partial charge >= 0.3 is 0 Å². The molecule has 3 heteroatoms. The Hall–Kier alpha value is -0.570. The Kier molecular flexibility index (Phi) is 4.58. The van der Waals surface area contributed by atoms with E-state index in [1.165, 1.54) is 0 Å². The molecule has 15 heavy (non-hydrogen) atoms. The van der Waals surface area contributed by atoms with Gasteiger partial charge in [-0.25, -0.2) is 0 Å². The summed E-state index contributed by atoms with van der Waals surface area (Å²) in [5, 5.41) is 9.16. The highest BCUT2D eigenvalue weighted by atomic mass is 16.3. The number of likely N-dealkylation sites (tertiary alicyclic amines) is 1. The molecule has 3 nitrogen and oxygen atoms in total. The van der Waals surface area contributed by atoms with Gasteiger partial charge < -0.3 is 10.0 Å². The molecule has 1 saturated heterocycles. The third kappa shape index (κ3) is 3.20. The average Bonchev–Trinajstić information content (AvgIpc) is 2.56. The second-order valence-electron chi connectivity index (χ2n) is 4.68. The number of aliphatic hydroxyl groups is 1. The molecule has 3 unspecified atom stereocenters. The van der Waals surface area contributed by atoms with Gasteiger partial charge in [-0.05, 0) is 39.5 Å². The van der Waals surface area contributed by atoms with Gasteiger partial charge in [0, 0.05) is 18.5 Å². The molecule has 1 aliphatic rings. The molecular formula is C12H23NO2. The lowest BCUT2D eigenvalue weighted by Gasteiger charge is -2.28. The van der Waals surface area contributed by atoms with E-state index in [4.69, 9.17) is 5.11 Å². The zero-order valence-corrected chi connectivity index (χ0v) is 10.1. The van der Waals surface area contributed by atoms with Gasteiger partial charge in [-0.2, -0.15) is 0 Å². The molecule has 1 amide bonds. The van der Waals surface area contributed by atoms with E-state index in [1.807, 2.05) is 4.90 Å². The van der Waals surface area contributed by atoms with Crippen molar-refractivity contribution in [3.8, 4) is 0 Å². The lowest BCUT2D eigenvalue weighted by molar-refractivity contribution is -0.134. The monoisotopic (exact) mass is 213 g/mol. The van der Waals surface area contributed by atoms with Crippen LogP contribution in [0.2, 0.25) is 0 Å². The molecule has 0 aromatic heterocycles. The van der Waals surface area contributed by atoms with E-state index in [9.17, 15) is 4.79 Å². The maximum absolute atomic E-state index is 11.9. The zero-order valence-electron chi connectivity index (χ0n) is 10.1. The van der Waals surface area contributed by atoms with Crippen molar-refractivity contribution in [2.75, 3.05) is 0 Å². The molecule has 3 atom stereocenters. The van der Waals surface area contributed by atoms with Gasteiger partial charge in [0.2, 0.25) is 5.91 Å². The summed E-state index contributed by atoms with van der Waals surface area (Å²) in [6, 6.07) is 0.818. The summed E-state index contributed by atoms with van der Waals surface area (Å²) in [6.07, 6.45) is 4.01. The van der Waals surface area contributed by atoms with Crippen LogP contribution in [-0.4, -0.2) is 34.1 Å². The SMILES string of the molecule is CCC1CCC(C)N1C(=O)CCC(C)O. The van der Waals surface area contributed by atoms with Gasteiger partial charge in [-0.3, -0.25) is 4.79 Å². The van der Waals surface area contributed by atoms with Crippen molar-refractivity contribution in [3.05, 3.63) is 0 Å². The van der Waals surface area contributed by atoms with E-state index < -0.39 is 0 Å². The molecule has 0 bridgehead atoms. The molecule has 0 aromatic rings. The highest BCUT2D eigenvalue weighted by Crippen LogP contribution is 2.26. The first kappa shape index (κ1) is 12.5. The number of carbonyl (C=O) groups excluding carboxylic acids is 1. The molecule has 1 heterocycles. The van der Waals surface area contributed by atoms with E-state index in [2.05, 4.69) is 13.8 Å². The minimum absolute atomic E-state index is 0.216. The van der Waals surface area contributed by atoms with Crippen LogP contribution >= 0.6 is 0 Å². The molecule has 88 valence electrons. The standard InChI is InChI=1S/C12H23NO2/c1-4-11-7-5-9(2)13(11)12(15)8-6-10(3)14/h9-11,14H,4-8H2,1-3H3. The average molecular weight is 213 g/mol. The van der Waals surface area contributed by atoms with Gasteiger partial charge in [0.15, 0.2) is 0 Å². The van der Waals surface area contributed by atoms with Gasteiger partial charge in [-0.15, -0.1) is 0 Å². The van der Waals surface area contributed by atoms with Gasteiger partial charge in [-0.1, -0.05) is 6.92 Å². The Labute approximate surface area is 92.5 Å². The van der Waals surface area contributed by atoms with Gasteiger partial charge in [0.25, 0.3) is 0 Å². The fraction of sp³-hybridized carbons (Fsp3) is 0.917. The Morgan fingerprint density at radius 3 is 2.73 bits per heavy atom. The van der Waals surface area contributed by atoms with Gasteiger partial charge in [0.05, 0.1) is 6.10 Å². The predicted molar refractivity (Wildman–Crippen MR) is 60.5 cm³/mol. The first-order chi connectivity index (χ1) is 7.06. The summed E-state index contributed by atoms with van der Waals surface area (Å²) in [4.78, 5) is 14.0. The van der Waals surface area contributed by atoms with Crippen LogP contribution in [-0.2, 0) is 4.79 Å². The Morgan fingerprint density at radius 2 is 2.20 bits per heavy atom. The van der Waals surface area contributed by atoms with Crippen LogP contribution in [0.25, 0.3) is 0 Å². The normalized spacial score (nSPS) is 28.1. The van der Waals surface area contributed by atoms with Crippen LogP contribution in [0.15, 0.2) is 0 Å². The molecule has 0 spiro atoms. The van der Waals surface area contributed by atoms with E-state index in [0.717, 1.165) is 19.3 Å². The fourth-order valence-corrected chi connectivity index (χ4v) is 2.38. The van der Waals surface area contributed by atoms with Crippen LogP contribution in [0.3, 0.4) is 0 Å². The van der Waals surface area contributed by atoms with Gasteiger partial charge in [0.1, 0.15) is 0 Å². The van der Waals surface area contributed by atoms with Crippen molar-refractivity contribution in [2.45, 2.75) is 71.1 Å². The molecule has 0 saturated carbocycles. The second kappa shape index (κ2) is 5.50.